The maximum atomic E-state index is 11.6. The molecule has 0 spiro atoms. The molecule has 5 N–H and O–H groups in total. The maximum Gasteiger partial charge on any atom is 0.328 e. The van der Waals surface area contributed by atoms with Crippen LogP contribution in [-0.2, 0) is 0 Å². The van der Waals surface area contributed by atoms with Gasteiger partial charge in [0, 0.05) is 12.8 Å². The van der Waals surface area contributed by atoms with Crippen LogP contribution in [0, 0.1) is 5.92 Å². The fraction of sp³-hybridized carbons (Fsp3) is 0.600. The molecule has 1 aliphatic carbocycles. The molecule has 0 amide bonds. The number of rotatable bonds is 2. The number of H-pyrrole nitrogens is 1. The average Bonchev–Trinajstić information content (AvgIpc) is 2.65. The molecule has 17 heavy (non-hydrogen) atoms. The fourth-order valence-electron chi connectivity index (χ4n) is 2.29. The molecule has 0 aromatic carbocycles. The van der Waals surface area contributed by atoms with Crippen molar-refractivity contribution in [3.05, 3.63) is 27.0 Å². The van der Waals surface area contributed by atoms with Crippen LogP contribution in [0.25, 0.3) is 0 Å². The van der Waals surface area contributed by atoms with Crippen LogP contribution in [0.3, 0.4) is 0 Å². The van der Waals surface area contributed by atoms with Crippen LogP contribution < -0.4 is 17.0 Å². The van der Waals surface area contributed by atoms with E-state index in [1.54, 1.807) is 0 Å². The Morgan fingerprint density at radius 1 is 1.47 bits per heavy atom. The standard InChI is InChI=1S/C10H15N3O4/c11-6-3-13(10(17)12-9(6)16)7-1-5(4-14)2-8(7)15/h3,5,7-8,14-15H,1-2,4,11H2,(H,12,16,17). The molecule has 2 rings (SSSR count). The second-order valence-corrected chi connectivity index (χ2v) is 4.41. The summed E-state index contributed by atoms with van der Waals surface area (Å²) in [5, 5.41) is 18.9. The third kappa shape index (κ3) is 2.11. The van der Waals surface area contributed by atoms with Crippen molar-refractivity contribution in [2.75, 3.05) is 12.3 Å². The molecule has 0 radical (unpaired) electrons. The quantitative estimate of drug-likeness (QED) is 0.498. The lowest BCUT2D eigenvalue weighted by Gasteiger charge is -2.17. The highest BCUT2D eigenvalue weighted by atomic mass is 16.3. The second kappa shape index (κ2) is 4.34. The van der Waals surface area contributed by atoms with E-state index in [1.165, 1.54) is 10.8 Å². The summed E-state index contributed by atoms with van der Waals surface area (Å²) in [6.07, 6.45) is 1.46. The zero-order chi connectivity index (χ0) is 12.6. The Balaban J connectivity index is 2.38. The van der Waals surface area contributed by atoms with Gasteiger partial charge in [-0.2, -0.15) is 0 Å². The molecule has 94 valence electrons. The zero-order valence-electron chi connectivity index (χ0n) is 9.17. The minimum atomic E-state index is -0.713. The Kier molecular flexibility index (Phi) is 3.03. The van der Waals surface area contributed by atoms with Gasteiger partial charge in [-0.3, -0.25) is 14.3 Å². The first-order chi connectivity index (χ1) is 8.02. The van der Waals surface area contributed by atoms with Crippen molar-refractivity contribution in [1.82, 2.24) is 9.55 Å². The lowest BCUT2D eigenvalue weighted by atomic mass is 10.1. The Morgan fingerprint density at radius 2 is 2.18 bits per heavy atom. The van der Waals surface area contributed by atoms with Crippen molar-refractivity contribution >= 4 is 5.69 Å². The van der Waals surface area contributed by atoms with E-state index in [4.69, 9.17) is 10.8 Å². The number of anilines is 1. The summed E-state index contributed by atoms with van der Waals surface area (Å²) in [4.78, 5) is 24.8. The van der Waals surface area contributed by atoms with E-state index in [0.717, 1.165) is 0 Å². The summed E-state index contributed by atoms with van der Waals surface area (Å²) in [7, 11) is 0. The lowest BCUT2D eigenvalue weighted by Crippen LogP contribution is -2.35. The highest BCUT2D eigenvalue weighted by Crippen LogP contribution is 2.33. The van der Waals surface area contributed by atoms with Crippen LogP contribution in [0.1, 0.15) is 18.9 Å². The topological polar surface area (TPSA) is 121 Å². The monoisotopic (exact) mass is 241 g/mol. The van der Waals surface area contributed by atoms with Crippen LogP contribution in [0.15, 0.2) is 15.8 Å². The molecule has 0 aliphatic heterocycles. The van der Waals surface area contributed by atoms with Crippen molar-refractivity contribution in [1.29, 1.82) is 0 Å². The van der Waals surface area contributed by atoms with E-state index in [1.807, 2.05) is 0 Å². The average molecular weight is 241 g/mol. The Morgan fingerprint density at radius 3 is 2.76 bits per heavy atom. The van der Waals surface area contributed by atoms with Gasteiger partial charge in [-0.05, 0) is 18.8 Å². The normalized spacial score (nSPS) is 28.5. The predicted octanol–water partition coefficient (Wildman–Crippen LogP) is -1.58. The van der Waals surface area contributed by atoms with Crippen LogP contribution in [0.2, 0.25) is 0 Å². The van der Waals surface area contributed by atoms with Gasteiger partial charge in [0.15, 0.2) is 0 Å². The number of aliphatic hydroxyl groups excluding tert-OH is 2. The fourth-order valence-corrected chi connectivity index (χ4v) is 2.29. The molecule has 7 heteroatoms. The molecule has 1 heterocycles. The van der Waals surface area contributed by atoms with Crippen LogP contribution >= 0.6 is 0 Å². The van der Waals surface area contributed by atoms with Gasteiger partial charge in [0.05, 0.1) is 12.1 Å². The number of nitrogen functional groups attached to an aromatic ring is 1. The van der Waals surface area contributed by atoms with Crippen molar-refractivity contribution in [2.24, 2.45) is 5.92 Å². The van der Waals surface area contributed by atoms with Gasteiger partial charge in [-0.25, -0.2) is 4.79 Å². The molecule has 1 fully saturated rings. The first-order valence-corrected chi connectivity index (χ1v) is 5.42. The highest BCUT2D eigenvalue weighted by molar-refractivity contribution is 5.30. The van der Waals surface area contributed by atoms with Crippen molar-refractivity contribution in [3.8, 4) is 0 Å². The van der Waals surface area contributed by atoms with E-state index in [2.05, 4.69) is 4.98 Å². The number of aromatic nitrogens is 2. The Hall–Kier alpha value is -1.60. The summed E-state index contributed by atoms with van der Waals surface area (Å²) in [6.45, 7) is -0.0266. The third-order valence-corrected chi connectivity index (χ3v) is 3.20. The molecular formula is C10H15N3O4. The smallest absolute Gasteiger partial charge is 0.328 e. The number of nitrogens with two attached hydrogens (primary N) is 1. The molecule has 1 aliphatic rings. The minimum Gasteiger partial charge on any atom is -0.396 e. The van der Waals surface area contributed by atoms with Crippen molar-refractivity contribution in [2.45, 2.75) is 25.0 Å². The molecule has 0 saturated heterocycles. The van der Waals surface area contributed by atoms with E-state index in [9.17, 15) is 14.7 Å². The van der Waals surface area contributed by atoms with Crippen molar-refractivity contribution in [3.63, 3.8) is 0 Å². The Labute approximate surface area is 96.5 Å². The molecule has 3 unspecified atom stereocenters. The summed E-state index contributed by atoms with van der Waals surface area (Å²) >= 11 is 0. The molecule has 1 aromatic heterocycles. The number of nitrogens with one attached hydrogen (secondary N) is 1. The van der Waals surface area contributed by atoms with E-state index < -0.39 is 23.4 Å². The van der Waals surface area contributed by atoms with Gasteiger partial charge in [-0.1, -0.05) is 0 Å². The van der Waals surface area contributed by atoms with Crippen LogP contribution in [0.5, 0.6) is 0 Å². The number of hydrogen-bond acceptors (Lipinski definition) is 5. The van der Waals surface area contributed by atoms with E-state index >= 15 is 0 Å². The number of nitrogens with zero attached hydrogens (tertiary/aromatic N) is 1. The molecule has 1 aromatic rings. The van der Waals surface area contributed by atoms with Gasteiger partial charge >= 0.3 is 5.69 Å². The summed E-state index contributed by atoms with van der Waals surface area (Å²) in [5.74, 6) is -0.0324. The molecule has 7 nitrogen and oxygen atoms in total. The van der Waals surface area contributed by atoms with Gasteiger partial charge in [0.2, 0.25) is 0 Å². The third-order valence-electron chi connectivity index (χ3n) is 3.20. The summed E-state index contributed by atoms with van der Waals surface area (Å²) < 4.78 is 1.23. The molecule has 1 saturated carbocycles. The lowest BCUT2D eigenvalue weighted by molar-refractivity contribution is 0.129. The van der Waals surface area contributed by atoms with Crippen LogP contribution in [-0.4, -0.2) is 32.5 Å². The first-order valence-electron chi connectivity index (χ1n) is 5.42. The molecule has 3 atom stereocenters. The highest BCUT2D eigenvalue weighted by Gasteiger charge is 2.34. The maximum absolute atomic E-state index is 11.6. The van der Waals surface area contributed by atoms with Gasteiger partial charge in [-0.15, -0.1) is 0 Å². The van der Waals surface area contributed by atoms with Gasteiger partial charge < -0.3 is 15.9 Å². The summed E-state index contributed by atoms with van der Waals surface area (Å²) in [5.41, 5.74) is 4.15. The first kappa shape index (κ1) is 11.9. The van der Waals surface area contributed by atoms with Crippen LogP contribution in [0.4, 0.5) is 5.69 Å². The molecule has 0 bridgehead atoms. The van der Waals surface area contributed by atoms with Gasteiger partial charge in [0.25, 0.3) is 5.56 Å². The van der Waals surface area contributed by atoms with Crippen molar-refractivity contribution < 1.29 is 10.2 Å². The number of hydrogen-bond donors (Lipinski definition) is 4. The molecular weight excluding hydrogens is 226 g/mol. The summed E-state index contributed by atoms with van der Waals surface area (Å²) in [6, 6.07) is -0.446. The second-order valence-electron chi connectivity index (χ2n) is 4.41. The SMILES string of the molecule is Nc1cn(C2CC(CO)CC2O)c(=O)[nH]c1=O. The number of aliphatic hydroxyl groups is 2. The Bertz CT molecular complexity index is 521. The van der Waals surface area contributed by atoms with Gasteiger partial charge in [0.1, 0.15) is 5.69 Å². The zero-order valence-corrected chi connectivity index (χ0v) is 9.17. The van der Waals surface area contributed by atoms with E-state index in [0.29, 0.717) is 12.8 Å². The predicted molar refractivity (Wildman–Crippen MR) is 60.6 cm³/mol. The largest absolute Gasteiger partial charge is 0.396 e. The number of aromatic amines is 1. The van der Waals surface area contributed by atoms with E-state index in [-0.39, 0.29) is 18.2 Å². The minimum absolute atomic E-state index is 0.0266.